The van der Waals surface area contributed by atoms with E-state index in [4.69, 9.17) is 0 Å². The number of carbonyl (C=O) groups excluding carboxylic acids is 1. The molecule has 90 valence electrons. The lowest BCUT2D eigenvalue weighted by Gasteiger charge is -2.04. The highest BCUT2D eigenvalue weighted by atomic mass is 16.3. The van der Waals surface area contributed by atoms with Gasteiger partial charge in [-0.1, -0.05) is 6.07 Å². The molecule has 0 amide bonds. The van der Waals surface area contributed by atoms with Gasteiger partial charge in [0, 0.05) is 6.20 Å². The molecule has 4 heteroatoms. The Bertz CT molecular complexity index is 606. The summed E-state index contributed by atoms with van der Waals surface area (Å²) >= 11 is 0. The normalized spacial score (nSPS) is 10.7. The number of aromatic nitrogens is 1. The minimum atomic E-state index is -0.172. The largest absolute Gasteiger partial charge is 0.504 e. The SMILES string of the molecule is O=C/C=C\c1cc(-c2ccc(O)c(O)c2)ccn1. The summed E-state index contributed by atoms with van der Waals surface area (Å²) in [6.07, 6.45) is 5.25. The second-order valence-electron chi connectivity index (χ2n) is 3.67. The molecule has 0 unspecified atom stereocenters. The maximum atomic E-state index is 10.2. The topological polar surface area (TPSA) is 70.4 Å². The highest BCUT2D eigenvalue weighted by Gasteiger charge is 2.03. The van der Waals surface area contributed by atoms with E-state index in [2.05, 4.69) is 4.98 Å². The minimum Gasteiger partial charge on any atom is -0.504 e. The summed E-state index contributed by atoms with van der Waals surface area (Å²) in [7, 11) is 0. The lowest BCUT2D eigenvalue weighted by Crippen LogP contribution is -1.83. The van der Waals surface area contributed by atoms with Crippen LogP contribution in [0, 0.1) is 0 Å². The van der Waals surface area contributed by atoms with Crippen molar-refractivity contribution in [2.24, 2.45) is 0 Å². The number of allylic oxidation sites excluding steroid dienone is 1. The van der Waals surface area contributed by atoms with Gasteiger partial charge in [0.2, 0.25) is 0 Å². The summed E-state index contributed by atoms with van der Waals surface area (Å²) in [5.74, 6) is -0.330. The Hall–Kier alpha value is -2.62. The number of pyridine rings is 1. The smallest absolute Gasteiger partial charge is 0.158 e. The summed E-state index contributed by atoms with van der Waals surface area (Å²) in [5, 5.41) is 18.7. The molecule has 0 bridgehead atoms. The van der Waals surface area contributed by atoms with Gasteiger partial charge in [0.25, 0.3) is 0 Å². The van der Waals surface area contributed by atoms with E-state index < -0.39 is 0 Å². The van der Waals surface area contributed by atoms with E-state index in [0.717, 1.165) is 11.1 Å². The van der Waals surface area contributed by atoms with E-state index in [9.17, 15) is 15.0 Å². The van der Waals surface area contributed by atoms with Crippen molar-refractivity contribution in [1.29, 1.82) is 0 Å². The van der Waals surface area contributed by atoms with Gasteiger partial charge in [0.15, 0.2) is 11.5 Å². The van der Waals surface area contributed by atoms with Crippen molar-refractivity contribution in [3.63, 3.8) is 0 Å². The standard InChI is InChI=1S/C14H11NO3/c16-7-1-2-12-8-11(5-6-15-12)10-3-4-13(17)14(18)9-10/h1-9,17-18H/b2-1-. The fourth-order valence-corrected chi connectivity index (χ4v) is 1.56. The molecule has 0 aliphatic heterocycles. The third-order valence-corrected chi connectivity index (χ3v) is 2.44. The molecule has 0 saturated heterocycles. The molecule has 0 aliphatic rings. The average Bonchev–Trinajstić information content (AvgIpc) is 2.40. The maximum Gasteiger partial charge on any atom is 0.158 e. The maximum absolute atomic E-state index is 10.2. The van der Waals surface area contributed by atoms with Gasteiger partial charge in [-0.3, -0.25) is 9.78 Å². The Kier molecular flexibility index (Phi) is 3.38. The number of phenols is 2. The van der Waals surface area contributed by atoms with E-state index in [-0.39, 0.29) is 11.5 Å². The van der Waals surface area contributed by atoms with E-state index in [1.54, 1.807) is 30.5 Å². The third kappa shape index (κ3) is 2.55. The number of rotatable bonds is 3. The summed E-state index contributed by atoms with van der Waals surface area (Å²) in [6, 6.07) is 8.15. The number of benzene rings is 1. The van der Waals surface area contributed by atoms with Crippen LogP contribution in [0.3, 0.4) is 0 Å². The van der Waals surface area contributed by atoms with Crippen LogP contribution in [-0.2, 0) is 4.79 Å². The van der Waals surface area contributed by atoms with Crippen molar-refractivity contribution in [2.45, 2.75) is 0 Å². The van der Waals surface area contributed by atoms with Gasteiger partial charge in [-0.25, -0.2) is 0 Å². The quantitative estimate of drug-likeness (QED) is 0.491. The predicted molar refractivity (Wildman–Crippen MR) is 68.1 cm³/mol. The molecule has 18 heavy (non-hydrogen) atoms. The summed E-state index contributed by atoms with van der Waals surface area (Å²) < 4.78 is 0. The van der Waals surface area contributed by atoms with Crippen molar-refractivity contribution in [3.8, 4) is 22.6 Å². The zero-order chi connectivity index (χ0) is 13.0. The summed E-state index contributed by atoms with van der Waals surface area (Å²) in [4.78, 5) is 14.3. The first kappa shape index (κ1) is 11.9. The van der Waals surface area contributed by atoms with Gasteiger partial charge in [0.05, 0.1) is 5.69 Å². The molecule has 0 spiro atoms. The zero-order valence-electron chi connectivity index (χ0n) is 9.45. The summed E-state index contributed by atoms with van der Waals surface area (Å²) in [6.45, 7) is 0. The van der Waals surface area contributed by atoms with E-state index in [1.165, 1.54) is 18.2 Å². The van der Waals surface area contributed by atoms with E-state index >= 15 is 0 Å². The van der Waals surface area contributed by atoms with Gasteiger partial charge in [-0.2, -0.15) is 0 Å². The van der Waals surface area contributed by atoms with Crippen LogP contribution in [0.15, 0.2) is 42.6 Å². The fraction of sp³-hybridized carbons (Fsp3) is 0. The molecule has 2 aromatic rings. The second kappa shape index (κ2) is 5.14. The van der Waals surface area contributed by atoms with Crippen LogP contribution in [0.2, 0.25) is 0 Å². The van der Waals surface area contributed by atoms with Crippen molar-refractivity contribution in [2.75, 3.05) is 0 Å². The molecule has 0 aliphatic carbocycles. The number of phenolic OH excluding ortho intramolecular Hbond substituents is 2. The molecule has 1 heterocycles. The first-order valence-corrected chi connectivity index (χ1v) is 5.31. The Morgan fingerprint density at radius 2 is 1.78 bits per heavy atom. The molecule has 2 N–H and O–H groups in total. The highest BCUT2D eigenvalue weighted by molar-refractivity contribution is 5.75. The van der Waals surface area contributed by atoms with Crippen LogP contribution in [0.5, 0.6) is 11.5 Å². The molecule has 0 radical (unpaired) electrons. The molecule has 1 aromatic heterocycles. The Balaban J connectivity index is 2.41. The molecule has 2 rings (SSSR count). The number of hydrogen-bond acceptors (Lipinski definition) is 4. The zero-order valence-corrected chi connectivity index (χ0v) is 9.45. The van der Waals surface area contributed by atoms with E-state index in [0.29, 0.717) is 12.0 Å². The number of nitrogens with zero attached hydrogens (tertiary/aromatic N) is 1. The van der Waals surface area contributed by atoms with Crippen LogP contribution < -0.4 is 0 Å². The van der Waals surface area contributed by atoms with Gasteiger partial charge >= 0.3 is 0 Å². The summed E-state index contributed by atoms with van der Waals surface area (Å²) in [5.41, 5.74) is 2.24. The fourth-order valence-electron chi connectivity index (χ4n) is 1.56. The van der Waals surface area contributed by atoms with Crippen molar-refractivity contribution in [1.82, 2.24) is 4.98 Å². The van der Waals surface area contributed by atoms with Crippen molar-refractivity contribution in [3.05, 3.63) is 48.3 Å². The number of aldehydes is 1. The molecule has 0 fully saturated rings. The first-order chi connectivity index (χ1) is 8.70. The molecule has 0 saturated carbocycles. The number of carbonyl (C=O) groups is 1. The lowest BCUT2D eigenvalue weighted by molar-refractivity contribution is -0.104. The van der Waals surface area contributed by atoms with Gasteiger partial charge in [-0.15, -0.1) is 0 Å². The number of aromatic hydroxyl groups is 2. The third-order valence-electron chi connectivity index (χ3n) is 2.44. The first-order valence-electron chi connectivity index (χ1n) is 5.31. The second-order valence-corrected chi connectivity index (χ2v) is 3.67. The molecular weight excluding hydrogens is 230 g/mol. The van der Waals surface area contributed by atoms with Gasteiger partial charge in [0.1, 0.15) is 6.29 Å². The van der Waals surface area contributed by atoms with E-state index in [1.807, 2.05) is 0 Å². The van der Waals surface area contributed by atoms with Gasteiger partial charge in [-0.05, 0) is 47.5 Å². The Labute approximate surface area is 104 Å². The monoisotopic (exact) mass is 241 g/mol. The molecule has 0 atom stereocenters. The van der Waals surface area contributed by atoms with Crippen molar-refractivity contribution >= 4 is 12.4 Å². The van der Waals surface area contributed by atoms with Crippen LogP contribution in [-0.4, -0.2) is 21.5 Å². The average molecular weight is 241 g/mol. The lowest BCUT2D eigenvalue weighted by atomic mass is 10.1. The molecule has 1 aromatic carbocycles. The molecular formula is C14H11NO3. The molecule has 4 nitrogen and oxygen atoms in total. The van der Waals surface area contributed by atoms with Crippen LogP contribution >= 0.6 is 0 Å². The van der Waals surface area contributed by atoms with Gasteiger partial charge < -0.3 is 10.2 Å². The Morgan fingerprint density at radius 1 is 1.00 bits per heavy atom. The number of hydrogen-bond donors (Lipinski definition) is 2. The highest BCUT2D eigenvalue weighted by Crippen LogP contribution is 2.30. The minimum absolute atomic E-state index is 0.158. The Morgan fingerprint density at radius 3 is 2.50 bits per heavy atom. The van der Waals surface area contributed by atoms with Crippen LogP contribution in [0.1, 0.15) is 5.69 Å². The van der Waals surface area contributed by atoms with Crippen LogP contribution in [0.25, 0.3) is 17.2 Å². The van der Waals surface area contributed by atoms with Crippen LogP contribution in [0.4, 0.5) is 0 Å². The van der Waals surface area contributed by atoms with Crippen molar-refractivity contribution < 1.29 is 15.0 Å². The predicted octanol–water partition coefficient (Wildman–Crippen LogP) is 2.37.